The van der Waals surface area contributed by atoms with Crippen molar-refractivity contribution in [1.82, 2.24) is 4.90 Å². The number of ether oxygens (including phenoxy) is 2. The van der Waals surface area contributed by atoms with E-state index < -0.39 is 0 Å². The van der Waals surface area contributed by atoms with E-state index in [1.807, 2.05) is 43.9 Å². The van der Waals surface area contributed by atoms with Crippen LogP contribution in [-0.4, -0.2) is 43.1 Å². The smallest absolute Gasteiger partial charge is 0.310 e. The Labute approximate surface area is 163 Å². The molecule has 0 aromatic heterocycles. The number of aryl methyl sites for hydroxylation is 2. The van der Waals surface area contributed by atoms with Gasteiger partial charge in [-0.2, -0.15) is 0 Å². The third kappa shape index (κ3) is 6.26. The molecule has 1 amide bonds. The number of carbonyl (C=O) groups excluding carboxylic acids is 2. The van der Waals surface area contributed by atoms with Crippen LogP contribution in [0.2, 0.25) is 0 Å². The first kappa shape index (κ1) is 21.3. The van der Waals surface area contributed by atoms with Crippen molar-refractivity contribution in [3.63, 3.8) is 0 Å². The summed E-state index contributed by atoms with van der Waals surface area (Å²) < 4.78 is 10.7. The van der Waals surface area contributed by atoms with E-state index in [9.17, 15) is 9.59 Å². The summed E-state index contributed by atoms with van der Waals surface area (Å²) in [6.07, 6.45) is 6.65. The van der Waals surface area contributed by atoms with Gasteiger partial charge in [-0.1, -0.05) is 44.7 Å². The number of carbonyl (C=O) groups is 2. The maximum Gasteiger partial charge on any atom is 0.310 e. The number of rotatable bonds is 7. The van der Waals surface area contributed by atoms with Gasteiger partial charge in [0.25, 0.3) is 5.91 Å². The van der Waals surface area contributed by atoms with Crippen LogP contribution in [0, 0.1) is 19.8 Å². The van der Waals surface area contributed by atoms with Gasteiger partial charge in [0.15, 0.2) is 6.61 Å². The molecule has 0 N–H and O–H groups in total. The molecule has 0 saturated heterocycles. The number of hydrogen-bond donors (Lipinski definition) is 0. The van der Waals surface area contributed by atoms with Crippen molar-refractivity contribution in [3.8, 4) is 5.75 Å². The van der Waals surface area contributed by atoms with Gasteiger partial charge in [-0.15, -0.1) is 0 Å². The fourth-order valence-electron chi connectivity index (χ4n) is 3.68. The quantitative estimate of drug-likeness (QED) is 0.533. The fraction of sp³-hybridized carbons (Fsp3) is 0.636. The van der Waals surface area contributed by atoms with Gasteiger partial charge in [-0.05, 0) is 43.9 Å². The van der Waals surface area contributed by atoms with Gasteiger partial charge >= 0.3 is 5.97 Å². The van der Waals surface area contributed by atoms with Crippen LogP contribution >= 0.6 is 0 Å². The molecule has 150 valence electrons. The Morgan fingerprint density at radius 3 is 2.44 bits per heavy atom. The fourth-order valence-corrected chi connectivity index (χ4v) is 3.68. The highest BCUT2D eigenvalue weighted by atomic mass is 16.5. The average Bonchev–Trinajstić information content (AvgIpc) is 2.94. The van der Waals surface area contributed by atoms with Gasteiger partial charge in [0.1, 0.15) is 5.75 Å². The van der Waals surface area contributed by atoms with Crippen molar-refractivity contribution >= 4 is 11.9 Å². The van der Waals surface area contributed by atoms with Crippen LogP contribution in [0.25, 0.3) is 0 Å². The predicted octanol–water partition coefficient (Wildman–Crippen LogP) is 4.04. The molecule has 1 aromatic carbocycles. The Kier molecular flexibility index (Phi) is 8.14. The SMILES string of the molecule is COC(=O)C(C)CN(C(=O)COc1cc(C)ccc1C)C1CCCCCC1. The molecule has 2 rings (SSSR count). The second-order valence-corrected chi connectivity index (χ2v) is 7.67. The Hall–Kier alpha value is -2.04. The standard InChI is InChI=1S/C22H33NO4/c1-16-11-12-17(2)20(13-16)27-15-21(24)23(14-18(3)22(25)26-4)19-9-7-5-6-8-10-19/h11-13,18-19H,5-10,14-15H2,1-4H3. The molecule has 1 saturated carbocycles. The van der Waals surface area contributed by atoms with Gasteiger partial charge in [0.05, 0.1) is 13.0 Å². The lowest BCUT2D eigenvalue weighted by Gasteiger charge is -2.33. The molecule has 5 heteroatoms. The first-order valence-corrected chi connectivity index (χ1v) is 9.99. The molecule has 1 aromatic rings. The summed E-state index contributed by atoms with van der Waals surface area (Å²) in [4.78, 5) is 26.8. The van der Waals surface area contributed by atoms with E-state index in [0.29, 0.717) is 6.54 Å². The highest BCUT2D eigenvalue weighted by Crippen LogP contribution is 2.24. The third-order valence-electron chi connectivity index (χ3n) is 5.35. The van der Waals surface area contributed by atoms with Crippen molar-refractivity contribution in [2.45, 2.75) is 65.3 Å². The second kappa shape index (κ2) is 10.3. The zero-order chi connectivity index (χ0) is 19.8. The van der Waals surface area contributed by atoms with Crippen LogP contribution in [0.5, 0.6) is 5.75 Å². The molecular weight excluding hydrogens is 342 g/mol. The van der Waals surface area contributed by atoms with Crippen LogP contribution < -0.4 is 4.74 Å². The lowest BCUT2D eigenvalue weighted by atomic mass is 10.0. The average molecular weight is 376 g/mol. The van der Waals surface area contributed by atoms with Crippen molar-refractivity contribution < 1.29 is 19.1 Å². The molecule has 0 heterocycles. The molecular formula is C22H33NO4. The summed E-state index contributed by atoms with van der Waals surface area (Å²) in [6.45, 7) is 6.17. The minimum atomic E-state index is -0.345. The normalized spacial score (nSPS) is 16.3. The first-order valence-electron chi connectivity index (χ1n) is 9.99. The molecule has 0 aliphatic heterocycles. The Morgan fingerprint density at radius 2 is 1.81 bits per heavy atom. The monoisotopic (exact) mass is 375 g/mol. The van der Waals surface area contributed by atoms with E-state index in [4.69, 9.17) is 9.47 Å². The van der Waals surface area contributed by atoms with Gasteiger partial charge < -0.3 is 14.4 Å². The van der Waals surface area contributed by atoms with Gasteiger partial charge in [-0.25, -0.2) is 0 Å². The Morgan fingerprint density at radius 1 is 1.15 bits per heavy atom. The summed E-state index contributed by atoms with van der Waals surface area (Å²) in [6, 6.07) is 6.15. The largest absolute Gasteiger partial charge is 0.483 e. The van der Waals surface area contributed by atoms with Crippen molar-refractivity contribution in [1.29, 1.82) is 0 Å². The molecule has 5 nitrogen and oxygen atoms in total. The first-order chi connectivity index (χ1) is 12.9. The number of nitrogens with zero attached hydrogens (tertiary/aromatic N) is 1. The predicted molar refractivity (Wildman–Crippen MR) is 106 cm³/mol. The summed E-state index contributed by atoms with van der Waals surface area (Å²) in [5, 5.41) is 0. The molecule has 27 heavy (non-hydrogen) atoms. The lowest BCUT2D eigenvalue weighted by Crippen LogP contribution is -2.46. The van der Waals surface area contributed by atoms with Crippen molar-refractivity contribution in [3.05, 3.63) is 29.3 Å². The van der Waals surface area contributed by atoms with E-state index in [1.54, 1.807) is 0 Å². The zero-order valence-corrected chi connectivity index (χ0v) is 17.1. The molecule has 1 unspecified atom stereocenters. The number of amides is 1. The summed E-state index contributed by atoms with van der Waals surface area (Å²) in [5.74, 6) is 0.0588. The van der Waals surface area contributed by atoms with E-state index in [2.05, 4.69) is 0 Å². The van der Waals surface area contributed by atoms with E-state index in [1.165, 1.54) is 20.0 Å². The van der Waals surface area contributed by atoms with Crippen LogP contribution in [-0.2, 0) is 14.3 Å². The number of methoxy groups -OCH3 is 1. The Balaban J connectivity index is 2.09. The summed E-state index contributed by atoms with van der Waals surface area (Å²) in [5.41, 5.74) is 2.11. The molecule has 0 bridgehead atoms. The molecule has 0 radical (unpaired) electrons. The summed E-state index contributed by atoms with van der Waals surface area (Å²) >= 11 is 0. The zero-order valence-electron chi connectivity index (χ0n) is 17.1. The molecule has 1 aliphatic rings. The van der Waals surface area contributed by atoms with E-state index >= 15 is 0 Å². The molecule has 1 fully saturated rings. The topological polar surface area (TPSA) is 55.8 Å². The molecule has 1 aliphatic carbocycles. The van der Waals surface area contributed by atoms with E-state index in [-0.39, 0.29) is 30.4 Å². The maximum absolute atomic E-state index is 13.0. The summed E-state index contributed by atoms with van der Waals surface area (Å²) in [7, 11) is 1.39. The number of hydrogen-bond acceptors (Lipinski definition) is 4. The molecule has 1 atom stereocenters. The van der Waals surface area contributed by atoms with Gasteiger partial charge in [0, 0.05) is 12.6 Å². The van der Waals surface area contributed by atoms with Crippen LogP contribution in [0.15, 0.2) is 18.2 Å². The molecule has 0 spiro atoms. The van der Waals surface area contributed by atoms with Gasteiger partial charge in [-0.3, -0.25) is 9.59 Å². The maximum atomic E-state index is 13.0. The van der Waals surface area contributed by atoms with Crippen LogP contribution in [0.3, 0.4) is 0 Å². The van der Waals surface area contributed by atoms with Crippen LogP contribution in [0.4, 0.5) is 0 Å². The number of benzene rings is 1. The number of esters is 1. The highest BCUT2D eigenvalue weighted by molar-refractivity contribution is 5.79. The van der Waals surface area contributed by atoms with Crippen molar-refractivity contribution in [2.24, 2.45) is 5.92 Å². The third-order valence-corrected chi connectivity index (χ3v) is 5.35. The van der Waals surface area contributed by atoms with E-state index in [0.717, 1.165) is 42.6 Å². The van der Waals surface area contributed by atoms with Crippen molar-refractivity contribution in [2.75, 3.05) is 20.3 Å². The lowest BCUT2D eigenvalue weighted by molar-refractivity contribution is -0.147. The van der Waals surface area contributed by atoms with Gasteiger partial charge in [0.2, 0.25) is 0 Å². The Bertz CT molecular complexity index is 635. The second-order valence-electron chi connectivity index (χ2n) is 7.67. The minimum absolute atomic E-state index is 0.00527. The van der Waals surface area contributed by atoms with Crippen LogP contribution in [0.1, 0.15) is 56.6 Å². The minimum Gasteiger partial charge on any atom is -0.483 e. The highest BCUT2D eigenvalue weighted by Gasteiger charge is 2.28.